The number of hydrogen-bond acceptors (Lipinski definition) is 6. The van der Waals surface area contributed by atoms with Crippen LogP contribution in [-0.4, -0.2) is 59.0 Å². The molecule has 2 aromatic carbocycles. The monoisotopic (exact) mass is 484 g/mol. The fourth-order valence-corrected chi connectivity index (χ4v) is 4.22. The number of fused-ring (bicyclic) bond motifs is 2. The van der Waals surface area contributed by atoms with Gasteiger partial charge < -0.3 is 19.6 Å². The van der Waals surface area contributed by atoms with E-state index in [9.17, 15) is 14.7 Å². The fraction of sp³-hybridized carbons (Fsp3) is 0.400. The standard InChI is InChI=1S/C25H29ClN4O4/c26-19-10-8-18(9-11-19)15-29(12-13-31)24(33)7-2-1-3-14-34-22-6-4-5-21-20(22)16-30-17-23(32)28-25(30)27-21/h4-6,8-11,31H,1-3,7,12-17H2,(H,27,28,32). The smallest absolute Gasteiger partial charge is 0.246 e. The van der Waals surface area contributed by atoms with Crippen molar-refractivity contribution in [2.75, 3.05) is 26.3 Å². The van der Waals surface area contributed by atoms with Gasteiger partial charge >= 0.3 is 0 Å². The van der Waals surface area contributed by atoms with Gasteiger partial charge in [0.05, 0.1) is 25.4 Å². The molecule has 0 atom stereocenters. The zero-order valence-corrected chi connectivity index (χ0v) is 19.8. The molecule has 0 saturated carbocycles. The second kappa shape index (κ2) is 11.4. The van der Waals surface area contributed by atoms with E-state index < -0.39 is 0 Å². The van der Waals surface area contributed by atoms with E-state index in [1.54, 1.807) is 17.0 Å². The topological polar surface area (TPSA) is 94.5 Å². The molecular formula is C25H29ClN4O4. The van der Waals surface area contributed by atoms with Crippen LogP contribution in [0.3, 0.4) is 0 Å². The summed E-state index contributed by atoms with van der Waals surface area (Å²) in [6.07, 6.45) is 2.88. The average molecular weight is 485 g/mol. The first-order valence-electron chi connectivity index (χ1n) is 11.5. The quantitative estimate of drug-likeness (QED) is 0.477. The maximum Gasteiger partial charge on any atom is 0.246 e. The minimum Gasteiger partial charge on any atom is -0.493 e. The molecule has 2 amide bonds. The number of halogens is 1. The second-order valence-corrected chi connectivity index (χ2v) is 8.85. The molecule has 2 N–H and O–H groups in total. The molecule has 0 aromatic heterocycles. The van der Waals surface area contributed by atoms with Gasteiger partial charge in [-0.2, -0.15) is 0 Å². The van der Waals surface area contributed by atoms with E-state index in [2.05, 4.69) is 10.3 Å². The van der Waals surface area contributed by atoms with Gasteiger partial charge in [0.25, 0.3) is 0 Å². The van der Waals surface area contributed by atoms with Gasteiger partial charge in [0.2, 0.25) is 17.8 Å². The largest absolute Gasteiger partial charge is 0.493 e. The molecule has 34 heavy (non-hydrogen) atoms. The van der Waals surface area contributed by atoms with Crippen molar-refractivity contribution in [1.29, 1.82) is 0 Å². The zero-order chi connectivity index (χ0) is 23.9. The van der Waals surface area contributed by atoms with Crippen molar-refractivity contribution < 1.29 is 19.4 Å². The molecule has 8 nitrogen and oxygen atoms in total. The highest BCUT2D eigenvalue weighted by molar-refractivity contribution is 6.30. The lowest BCUT2D eigenvalue weighted by molar-refractivity contribution is -0.132. The van der Waals surface area contributed by atoms with E-state index in [0.29, 0.717) is 50.2 Å². The maximum absolute atomic E-state index is 12.6. The molecular weight excluding hydrogens is 456 g/mol. The number of nitrogens with zero attached hydrogens (tertiary/aromatic N) is 3. The van der Waals surface area contributed by atoms with Crippen LogP contribution < -0.4 is 10.1 Å². The number of unbranched alkanes of at least 4 members (excludes halogenated alkanes) is 2. The molecule has 2 aliphatic rings. The molecule has 2 aromatic rings. The van der Waals surface area contributed by atoms with Crippen LogP contribution in [0, 0.1) is 0 Å². The third-order valence-corrected chi connectivity index (χ3v) is 6.12. The number of guanidine groups is 1. The number of carbonyl (C=O) groups excluding carboxylic acids is 2. The Labute approximate surface area is 204 Å². The van der Waals surface area contributed by atoms with Gasteiger partial charge in [-0.15, -0.1) is 0 Å². The van der Waals surface area contributed by atoms with E-state index >= 15 is 0 Å². The summed E-state index contributed by atoms with van der Waals surface area (Å²) in [5, 5.41) is 12.8. The number of nitrogens with one attached hydrogen (secondary N) is 1. The number of aliphatic hydroxyl groups excluding tert-OH is 1. The van der Waals surface area contributed by atoms with Crippen molar-refractivity contribution in [3.05, 3.63) is 58.6 Å². The Kier molecular flexibility index (Phi) is 8.03. The first kappa shape index (κ1) is 24.0. The van der Waals surface area contributed by atoms with Crippen molar-refractivity contribution in [3.8, 4) is 5.75 Å². The van der Waals surface area contributed by atoms with Gasteiger partial charge in [0.1, 0.15) is 12.3 Å². The fourth-order valence-electron chi connectivity index (χ4n) is 4.10. The number of benzene rings is 2. The maximum atomic E-state index is 12.6. The van der Waals surface area contributed by atoms with Gasteiger partial charge in [-0.05, 0) is 49.1 Å². The Morgan fingerprint density at radius 3 is 2.76 bits per heavy atom. The Bertz CT molecular complexity index is 1060. The number of rotatable bonds is 11. The van der Waals surface area contributed by atoms with Crippen molar-refractivity contribution in [2.45, 2.75) is 38.8 Å². The summed E-state index contributed by atoms with van der Waals surface area (Å²) in [5.41, 5.74) is 2.79. The molecule has 9 heteroatoms. The van der Waals surface area contributed by atoms with Crippen molar-refractivity contribution in [1.82, 2.24) is 15.1 Å². The molecule has 0 bridgehead atoms. The molecule has 1 saturated heterocycles. The number of hydrogen-bond donors (Lipinski definition) is 2. The lowest BCUT2D eigenvalue weighted by atomic mass is 10.1. The highest BCUT2D eigenvalue weighted by Crippen LogP contribution is 2.34. The minimum absolute atomic E-state index is 0.0319. The van der Waals surface area contributed by atoms with Gasteiger partial charge in [0.15, 0.2) is 0 Å². The highest BCUT2D eigenvalue weighted by atomic mass is 35.5. The van der Waals surface area contributed by atoms with Crippen LogP contribution in [0.5, 0.6) is 5.75 Å². The Morgan fingerprint density at radius 1 is 1.15 bits per heavy atom. The second-order valence-electron chi connectivity index (χ2n) is 8.42. The normalized spacial score (nSPS) is 14.2. The van der Waals surface area contributed by atoms with Crippen LogP contribution in [-0.2, 0) is 22.7 Å². The van der Waals surface area contributed by atoms with Crippen molar-refractivity contribution >= 4 is 35.1 Å². The van der Waals surface area contributed by atoms with Crippen LogP contribution in [0.2, 0.25) is 5.02 Å². The number of aliphatic hydroxyl groups is 1. The Morgan fingerprint density at radius 2 is 1.97 bits per heavy atom. The average Bonchev–Trinajstić information content (AvgIpc) is 3.19. The lowest BCUT2D eigenvalue weighted by Gasteiger charge is -2.24. The summed E-state index contributed by atoms with van der Waals surface area (Å²) in [7, 11) is 0. The molecule has 2 heterocycles. The van der Waals surface area contributed by atoms with Crippen molar-refractivity contribution in [2.24, 2.45) is 4.99 Å². The van der Waals surface area contributed by atoms with Gasteiger partial charge in [-0.3, -0.25) is 14.9 Å². The van der Waals surface area contributed by atoms with Gasteiger partial charge in [-0.1, -0.05) is 29.8 Å². The van der Waals surface area contributed by atoms with E-state index in [4.69, 9.17) is 16.3 Å². The number of carbonyl (C=O) groups is 2. The van der Waals surface area contributed by atoms with Crippen LogP contribution in [0.15, 0.2) is 47.5 Å². The lowest BCUT2D eigenvalue weighted by Crippen LogP contribution is -2.32. The summed E-state index contributed by atoms with van der Waals surface area (Å²) >= 11 is 5.93. The molecule has 0 unspecified atom stereocenters. The number of ether oxygens (including phenoxy) is 1. The molecule has 0 radical (unpaired) electrons. The number of amides is 2. The van der Waals surface area contributed by atoms with Crippen LogP contribution in [0.4, 0.5) is 5.69 Å². The van der Waals surface area contributed by atoms with E-state index in [0.717, 1.165) is 41.8 Å². The molecule has 2 aliphatic heterocycles. The molecule has 0 spiro atoms. The number of aliphatic imine (C=N–C) groups is 1. The first-order valence-corrected chi connectivity index (χ1v) is 11.9. The van der Waals surface area contributed by atoms with E-state index in [1.165, 1.54) is 0 Å². The summed E-state index contributed by atoms with van der Waals surface area (Å²) in [5.74, 6) is 1.37. The summed E-state index contributed by atoms with van der Waals surface area (Å²) < 4.78 is 6.02. The van der Waals surface area contributed by atoms with Gasteiger partial charge in [0, 0.05) is 30.1 Å². The predicted molar refractivity (Wildman–Crippen MR) is 130 cm³/mol. The summed E-state index contributed by atoms with van der Waals surface area (Å²) in [4.78, 5) is 32.4. The minimum atomic E-state index is -0.0677. The first-order chi connectivity index (χ1) is 16.5. The molecule has 1 fully saturated rings. The highest BCUT2D eigenvalue weighted by Gasteiger charge is 2.30. The predicted octanol–water partition coefficient (Wildman–Crippen LogP) is 3.23. The molecule has 4 rings (SSSR count). The van der Waals surface area contributed by atoms with E-state index in [1.807, 2.05) is 35.2 Å². The van der Waals surface area contributed by atoms with Crippen LogP contribution in [0.25, 0.3) is 0 Å². The molecule has 0 aliphatic carbocycles. The third-order valence-electron chi connectivity index (χ3n) is 5.87. The zero-order valence-electron chi connectivity index (χ0n) is 19.0. The van der Waals surface area contributed by atoms with Crippen molar-refractivity contribution in [3.63, 3.8) is 0 Å². The third kappa shape index (κ3) is 6.07. The van der Waals surface area contributed by atoms with Crippen LogP contribution in [0.1, 0.15) is 36.8 Å². The Hall–Kier alpha value is -3.10. The summed E-state index contributed by atoms with van der Waals surface area (Å²) in [6.45, 7) is 2.15. The van der Waals surface area contributed by atoms with E-state index in [-0.39, 0.29) is 18.4 Å². The SMILES string of the molecule is O=C1CN2Cc3c(cccc3OCCCCCC(=O)N(CCO)Cc3ccc(Cl)cc3)N=C2N1. The van der Waals surface area contributed by atoms with Gasteiger partial charge in [-0.25, -0.2) is 4.99 Å². The summed E-state index contributed by atoms with van der Waals surface area (Å²) in [6, 6.07) is 13.1. The van der Waals surface area contributed by atoms with Crippen LogP contribution >= 0.6 is 11.6 Å². The molecule has 180 valence electrons. The Balaban J connectivity index is 1.20.